The van der Waals surface area contributed by atoms with Crippen molar-refractivity contribution in [1.29, 1.82) is 0 Å². The summed E-state index contributed by atoms with van der Waals surface area (Å²) in [5.41, 5.74) is -1.10. The van der Waals surface area contributed by atoms with Crippen LogP contribution in [0.5, 0.6) is 0 Å². The van der Waals surface area contributed by atoms with Gasteiger partial charge in [-0.15, -0.1) is 0 Å². The van der Waals surface area contributed by atoms with Crippen molar-refractivity contribution in [2.24, 2.45) is 0 Å². The van der Waals surface area contributed by atoms with E-state index < -0.39 is 22.8 Å². The van der Waals surface area contributed by atoms with Crippen molar-refractivity contribution in [3.8, 4) is 0 Å². The molecule has 12 heteroatoms. The minimum Gasteiger partial charge on any atom is -0.366 e. The summed E-state index contributed by atoms with van der Waals surface area (Å²) in [6.07, 6.45) is -2.61. The summed E-state index contributed by atoms with van der Waals surface area (Å²) in [5, 5.41) is 11.0. The summed E-state index contributed by atoms with van der Waals surface area (Å²) in [6, 6.07) is 4.28. The van der Waals surface area contributed by atoms with Crippen LogP contribution in [-0.4, -0.2) is 49.2 Å². The Labute approximate surface area is 182 Å². The zero-order chi connectivity index (χ0) is 22.6. The van der Waals surface area contributed by atoms with Crippen LogP contribution in [0.3, 0.4) is 0 Å². The molecule has 2 amide bonds. The van der Waals surface area contributed by atoms with Gasteiger partial charge < -0.3 is 20.9 Å². The van der Waals surface area contributed by atoms with Gasteiger partial charge in [-0.25, -0.2) is 4.79 Å². The fourth-order valence-corrected chi connectivity index (χ4v) is 3.29. The lowest BCUT2D eigenvalue weighted by atomic mass is 10.1. The molecule has 31 heavy (non-hydrogen) atoms. The number of hydrogen-bond acceptors (Lipinski definition) is 6. The van der Waals surface area contributed by atoms with Crippen LogP contribution in [0.4, 0.5) is 41.2 Å². The number of aromatic nitrogens is 2. The Morgan fingerprint density at radius 1 is 1.23 bits per heavy atom. The van der Waals surface area contributed by atoms with Gasteiger partial charge in [-0.05, 0) is 37.6 Å². The number of carbonyl (C=O) groups excluding carboxylic acids is 1. The normalized spacial score (nSPS) is 16.5. The van der Waals surface area contributed by atoms with Crippen molar-refractivity contribution in [2.45, 2.75) is 25.1 Å². The molecule has 1 aromatic heterocycles. The standard InChI is InChI=1S/C19H23ClF3N7O/c1-30(2)16-9-15(25-12-4-3-7-24-10-12)27-17(28-16)29-18(31)26-11-5-6-14(20)13(8-11)19(21,22)23/h5-6,8-9,12,24H,3-4,7,10H2,1-2H3,(H3,25,26,27,28,29,31). The molecule has 0 aliphatic carbocycles. The monoisotopic (exact) mass is 457 g/mol. The van der Waals surface area contributed by atoms with Crippen LogP contribution >= 0.6 is 11.6 Å². The molecule has 0 bridgehead atoms. The van der Waals surface area contributed by atoms with Crippen molar-refractivity contribution in [3.63, 3.8) is 0 Å². The molecule has 1 fully saturated rings. The van der Waals surface area contributed by atoms with Crippen LogP contribution in [0, 0.1) is 0 Å². The van der Waals surface area contributed by atoms with E-state index in [1.165, 1.54) is 6.07 Å². The van der Waals surface area contributed by atoms with Gasteiger partial charge in [0.2, 0.25) is 5.95 Å². The smallest absolute Gasteiger partial charge is 0.366 e. The van der Waals surface area contributed by atoms with Gasteiger partial charge in [-0.2, -0.15) is 23.1 Å². The molecule has 2 heterocycles. The third-order valence-corrected chi connectivity index (χ3v) is 4.90. The molecule has 0 radical (unpaired) electrons. The molecule has 168 valence electrons. The zero-order valence-corrected chi connectivity index (χ0v) is 17.7. The van der Waals surface area contributed by atoms with Crippen LogP contribution in [0.1, 0.15) is 18.4 Å². The van der Waals surface area contributed by atoms with Gasteiger partial charge in [0.25, 0.3) is 0 Å². The minimum absolute atomic E-state index is 0.0139. The van der Waals surface area contributed by atoms with Crippen molar-refractivity contribution in [2.75, 3.05) is 48.0 Å². The number of alkyl halides is 3. The number of urea groups is 1. The summed E-state index contributed by atoms with van der Waals surface area (Å²) in [6.45, 7) is 1.77. The number of benzene rings is 1. The van der Waals surface area contributed by atoms with E-state index in [0.717, 1.165) is 38.1 Å². The predicted molar refractivity (Wildman–Crippen MR) is 115 cm³/mol. The Morgan fingerprint density at radius 2 is 2.00 bits per heavy atom. The Morgan fingerprint density at radius 3 is 2.65 bits per heavy atom. The minimum atomic E-state index is -4.64. The molecular formula is C19H23ClF3N7O. The third kappa shape index (κ3) is 6.34. The van der Waals surface area contributed by atoms with E-state index >= 15 is 0 Å². The van der Waals surface area contributed by atoms with Crippen LogP contribution in [-0.2, 0) is 6.18 Å². The molecule has 2 aromatic rings. The van der Waals surface area contributed by atoms with Crippen LogP contribution in [0.15, 0.2) is 24.3 Å². The molecule has 8 nitrogen and oxygen atoms in total. The zero-order valence-electron chi connectivity index (χ0n) is 17.0. The second-order valence-electron chi connectivity index (χ2n) is 7.29. The maximum Gasteiger partial charge on any atom is 0.417 e. The Bertz CT molecular complexity index is 933. The summed E-state index contributed by atoms with van der Waals surface area (Å²) in [4.78, 5) is 22.7. The molecule has 3 rings (SSSR count). The van der Waals surface area contributed by atoms with E-state index in [1.54, 1.807) is 25.1 Å². The fourth-order valence-electron chi connectivity index (χ4n) is 3.06. The molecule has 0 saturated carbocycles. The lowest BCUT2D eigenvalue weighted by Gasteiger charge is -2.25. The highest BCUT2D eigenvalue weighted by Crippen LogP contribution is 2.36. The first-order valence-electron chi connectivity index (χ1n) is 9.60. The average Bonchev–Trinajstić information content (AvgIpc) is 2.69. The molecular weight excluding hydrogens is 435 g/mol. The van der Waals surface area contributed by atoms with Gasteiger partial charge in [-0.3, -0.25) is 5.32 Å². The van der Waals surface area contributed by atoms with Crippen molar-refractivity contribution < 1.29 is 18.0 Å². The lowest BCUT2D eigenvalue weighted by molar-refractivity contribution is -0.137. The highest BCUT2D eigenvalue weighted by molar-refractivity contribution is 6.31. The Hall–Kier alpha value is -2.79. The van der Waals surface area contributed by atoms with Crippen molar-refractivity contribution >= 4 is 40.9 Å². The second kappa shape index (κ2) is 9.56. The average molecular weight is 458 g/mol. The Balaban J connectivity index is 1.74. The SMILES string of the molecule is CN(C)c1cc(NC2CCCNC2)nc(NC(=O)Nc2ccc(Cl)c(C(F)(F)F)c2)n1. The van der Waals surface area contributed by atoms with Gasteiger partial charge in [0.15, 0.2) is 0 Å². The maximum atomic E-state index is 13.0. The summed E-state index contributed by atoms with van der Waals surface area (Å²) < 4.78 is 39.1. The maximum absolute atomic E-state index is 13.0. The van der Waals surface area contributed by atoms with Gasteiger partial charge in [0.05, 0.1) is 10.6 Å². The number of rotatable bonds is 5. The molecule has 1 aliphatic heterocycles. The number of amides is 2. The van der Waals surface area contributed by atoms with E-state index in [1.807, 2.05) is 0 Å². The molecule has 0 spiro atoms. The van der Waals surface area contributed by atoms with E-state index in [0.29, 0.717) is 11.6 Å². The van der Waals surface area contributed by atoms with Crippen LogP contribution in [0.2, 0.25) is 5.02 Å². The van der Waals surface area contributed by atoms with Crippen LogP contribution in [0.25, 0.3) is 0 Å². The van der Waals surface area contributed by atoms with Gasteiger partial charge >= 0.3 is 12.2 Å². The first kappa shape index (κ1) is 22.9. The first-order chi connectivity index (χ1) is 14.6. The van der Waals surface area contributed by atoms with E-state index in [-0.39, 0.29) is 17.7 Å². The van der Waals surface area contributed by atoms with E-state index in [9.17, 15) is 18.0 Å². The lowest BCUT2D eigenvalue weighted by Crippen LogP contribution is -2.38. The third-order valence-electron chi connectivity index (χ3n) is 4.57. The number of hydrogen-bond donors (Lipinski definition) is 4. The number of anilines is 4. The molecule has 1 atom stereocenters. The van der Waals surface area contributed by atoms with Crippen LogP contribution < -0.4 is 26.2 Å². The summed E-state index contributed by atoms with van der Waals surface area (Å²) in [7, 11) is 3.59. The number of nitrogens with one attached hydrogen (secondary N) is 4. The van der Waals surface area contributed by atoms with Gasteiger partial charge in [0, 0.05) is 38.4 Å². The Kier molecular flexibility index (Phi) is 7.06. The fraction of sp³-hybridized carbons (Fsp3) is 0.421. The van der Waals surface area contributed by atoms with Gasteiger partial charge in [-0.1, -0.05) is 11.6 Å². The highest BCUT2D eigenvalue weighted by Gasteiger charge is 2.33. The second-order valence-corrected chi connectivity index (χ2v) is 7.70. The molecule has 1 unspecified atom stereocenters. The summed E-state index contributed by atoms with van der Waals surface area (Å²) in [5.74, 6) is 1.11. The van der Waals surface area contributed by atoms with Gasteiger partial charge in [0.1, 0.15) is 11.6 Å². The largest absolute Gasteiger partial charge is 0.417 e. The highest BCUT2D eigenvalue weighted by atomic mass is 35.5. The molecule has 1 aromatic carbocycles. The molecule has 4 N–H and O–H groups in total. The number of halogens is 4. The topological polar surface area (TPSA) is 94.2 Å². The molecule has 1 aliphatic rings. The van der Waals surface area contributed by atoms with Crippen molar-refractivity contribution in [3.05, 3.63) is 34.9 Å². The summed E-state index contributed by atoms with van der Waals surface area (Å²) >= 11 is 5.61. The molecule has 1 saturated heterocycles. The number of nitrogens with zero attached hydrogens (tertiary/aromatic N) is 3. The number of carbonyl (C=O) groups is 1. The van der Waals surface area contributed by atoms with E-state index in [4.69, 9.17) is 11.6 Å². The first-order valence-corrected chi connectivity index (χ1v) is 9.98. The quantitative estimate of drug-likeness (QED) is 0.542. The predicted octanol–water partition coefficient (Wildman–Crippen LogP) is 4.02. The van der Waals surface area contributed by atoms with E-state index in [2.05, 4.69) is 31.2 Å². The van der Waals surface area contributed by atoms with Crippen molar-refractivity contribution in [1.82, 2.24) is 15.3 Å². The number of piperidine rings is 1.